The normalized spacial score (nSPS) is 15.8. The molecule has 0 bridgehead atoms. The molecular formula is C24H22N2O3. The Morgan fingerprint density at radius 2 is 1.59 bits per heavy atom. The molecule has 4 rings (SSSR count). The number of hydrogen-bond acceptors (Lipinski definition) is 3. The van der Waals surface area contributed by atoms with Gasteiger partial charge in [0, 0.05) is 5.56 Å². The molecule has 0 saturated carbocycles. The lowest BCUT2D eigenvalue weighted by molar-refractivity contribution is -0.117. The summed E-state index contributed by atoms with van der Waals surface area (Å²) in [7, 11) is 0. The number of rotatable bonds is 3. The van der Waals surface area contributed by atoms with Crippen LogP contribution in [0.25, 0.3) is 16.8 Å². The Labute approximate surface area is 169 Å². The number of benzene rings is 3. The number of carbonyl (C=O) groups is 2. The van der Waals surface area contributed by atoms with Crippen LogP contribution in [0.15, 0.2) is 72.3 Å². The highest BCUT2D eigenvalue weighted by molar-refractivity contribution is 6.32. The monoisotopic (exact) mass is 386 g/mol. The van der Waals surface area contributed by atoms with Crippen LogP contribution in [-0.4, -0.2) is 17.4 Å². The van der Waals surface area contributed by atoms with Gasteiger partial charge in [-0.25, -0.2) is 5.01 Å². The Bertz CT molecular complexity index is 1130. The van der Waals surface area contributed by atoms with Crippen molar-refractivity contribution in [1.82, 2.24) is 5.43 Å². The average Bonchev–Trinajstić information content (AvgIpc) is 2.97. The van der Waals surface area contributed by atoms with Gasteiger partial charge in [0.15, 0.2) is 0 Å². The summed E-state index contributed by atoms with van der Waals surface area (Å²) >= 11 is 0. The molecule has 29 heavy (non-hydrogen) atoms. The van der Waals surface area contributed by atoms with E-state index in [1.807, 2.05) is 75.4 Å². The third-order valence-corrected chi connectivity index (χ3v) is 4.54. The van der Waals surface area contributed by atoms with Crippen LogP contribution < -0.4 is 15.2 Å². The Morgan fingerprint density at radius 3 is 2.31 bits per heavy atom. The molecule has 5 heteroatoms. The number of amides is 2. The van der Waals surface area contributed by atoms with Crippen molar-refractivity contribution in [3.63, 3.8) is 0 Å². The summed E-state index contributed by atoms with van der Waals surface area (Å²) in [5.41, 5.74) is 3.62. The zero-order valence-corrected chi connectivity index (χ0v) is 16.6. The fraction of sp³-hybridized carbons (Fsp3) is 0.167. The molecule has 0 radical (unpaired) electrons. The Balaban J connectivity index is 1.84. The third-order valence-electron chi connectivity index (χ3n) is 4.54. The van der Waals surface area contributed by atoms with Gasteiger partial charge in [-0.05, 0) is 55.8 Å². The smallest absolute Gasteiger partial charge is 0.282 e. The lowest BCUT2D eigenvalue weighted by Gasteiger charge is -2.23. The van der Waals surface area contributed by atoms with Gasteiger partial charge in [0.25, 0.3) is 11.8 Å². The summed E-state index contributed by atoms with van der Waals surface area (Å²) in [6, 6.07) is 20.7. The van der Waals surface area contributed by atoms with Crippen LogP contribution >= 0.6 is 0 Å². The second-order valence-corrected chi connectivity index (χ2v) is 7.89. The van der Waals surface area contributed by atoms with Gasteiger partial charge in [0.2, 0.25) is 0 Å². The van der Waals surface area contributed by atoms with Gasteiger partial charge in [-0.3, -0.25) is 15.0 Å². The van der Waals surface area contributed by atoms with Crippen LogP contribution in [0, 0.1) is 0 Å². The van der Waals surface area contributed by atoms with E-state index < -0.39 is 17.4 Å². The van der Waals surface area contributed by atoms with Crippen molar-refractivity contribution in [1.29, 1.82) is 0 Å². The SMILES string of the molecule is CC(C)(C)Oc1ccc2ccccc2c1/C=C1/C(=O)NN(c2ccccc2)C1=O. The van der Waals surface area contributed by atoms with Gasteiger partial charge in [-0.1, -0.05) is 48.5 Å². The van der Waals surface area contributed by atoms with E-state index in [0.717, 1.165) is 10.8 Å². The number of anilines is 1. The predicted molar refractivity (Wildman–Crippen MR) is 114 cm³/mol. The molecule has 3 aromatic carbocycles. The largest absolute Gasteiger partial charge is 0.488 e. The van der Waals surface area contributed by atoms with Crippen LogP contribution in [-0.2, 0) is 9.59 Å². The third kappa shape index (κ3) is 3.72. The number of hydrazine groups is 1. The fourth-order valence-corrected chi connectivity index (χ4v) is 3.30. The summed E-state index contributed by atoms with van der Waals surface area (Å²) in [5, 5.41) is 3.19. The molecule has 1 saturated heterocycles. The molecule has 0 atom stereocenters. The first-order valence-corrected chi connectivity index (χ1v) is 9.46. The number of nitrogens with one attached hydrogen (secondary N) is 1. The van der Waals surface area contributed by atoms with Crippen LogP contribution in [0.1, 0.15) is 26.3 Å². The number of nitrogens with zero attached hydrogens (tertiary/aromatic N) is 1. The first-order valence-electron chi connectivity index (χ1n) is 9.46. The molecule has 0 aromatic heterocycles. The molecule has 3 aromatic rings. The Kier molecular flexibility index (Phi) is 4.59. The van der Waals surface area contributed by atoms with E-state index in [4.69, 9.17) is 4.74 Å². The van der Waals surface area contributed by atoms with Crippen LogP contribution in [0.4, 0.5) is 5.69 Å². The fourth-order valence-electron chi connectivity index (χ4n) is 3.30. The van der Waals surface area contributed by atoms with E-state index in [1.54, 1.807) is 18.2 Å². The molecule has 1 heterocycles. The highest BCUT2D eigenvalue weighted by Gasteiger charge is 2.34. The van der Waals surface area contributed by atoms with Gasteiger partial charge >= 0.3 is 0 Å². The van der Waals surface area contributed by atoms with Crippen LogP contribution in [0.2, 0.25) is 0 Å². The second-order valence-electron chi connectivity index (χ2n) is 7.89. The van der Waals surface area contributed by atoms with Gasteiger partial charge < -0.3 is 4.74 Å². The maximum absolute atomic E-state index is 13.0. The van der Waals surface area contributed by atoms with Crippen molar-refractivity contribution in [2.75, 3.05) is 5.01 Å². The highest BCUT2D eigenvalue weighted by atomic mass is 16.5. The second kappa shape index (κ2) is 7.09. The molecule has 146 valence electrons. The quantitative estimate of drug-likeness (QED) is 0.533. The van der Waals surface area contributed by atoms with Crippen molar-refractivity contribution >= 4 is 34.4 Å². The topological polar surface area (TPSA) is 58.6 Å². The zero-order valence-electron chi connectivity index (χ0n) is 16.6. The molecule has 5 nitrogen and oxygen atoms in total. The zero-order chi connectivity index (χ0) is 20.6. The molecule has 1 fully saturated rings. The first kappa shape index (κ1) is 18.7. The van der Waals surface area contributed by atoms with E-state index in [2.05, 4.69) is 5.43 Å². The van der Waals surface area contributed by atoms with Crippen LogP contribution in [0.5, 0.6) is 5.75 Å². The van der Waals surface area contributed by atoms with Gasteiger partial charge in [0.05, 0.1) is 5.69 Å². The van der Waals surface area contributed by atoms with E-state index in [1.165, 1.54) is 5.01 Å². The van der Waals surface area contributed by atoms with E-state index in [9.17, 15) is 9.59 Å². The number of para-hydroxylation sites is 1. The molecule has 1 aliphatic rings. The molecule has 0 aliphatic carbocycles. The number of hydrogen-bond donors (Lipinski definition) is 1. The minimum atomic E-state index is -0.437. The van der Waals surface area contributed by atoms with Crippen LogP contribution in [0.3, 0.4) is 0 Å². The van der Waals surface area contributed by atoms with Crippen molar-refractivity contribution < 1.29 is 14.3 Å². The minimum Gasteiger partial charge on any atom is -0.488 e. The lowest BCUT2D eigenvalue weighted by atomic mass is 10.0. The summed E-state index contributed by atoms with van der Waals surface area (Å²) in [6.45, 7) is 5.89. The predicted octanol–water partition coefficient (Wildman–Crippen LogP) is 4.48. The number of carbonyl (C=O) groups excluding carboxylic acids is 2. The number of ether oxygens (including phenoxy) is 1. The van der Waals surface area contributed by atoms with Crippen molar-refractivity contribution in [2.45, 2.75) is 26.4 Å². The number of fused-ring (bicyclic) bond motifs is 1. The average molecular weight is 386 g/mol. The Morgan fingerprint density at radius 1 is 0.897 bits per heavy atom. The van der Waals surface area contributed by atoms with E-state index >= 15 is 0 Å². The first-order chi connectivity index (χ1) is 13.8. The Hall–Kier alpha value is -3.60. The van der Waals surface area contributed by atoms with Crippen molar-refractivity contribution in [3.8, 4) is 5.75 Å². The van der Waals surface area contributed by atoms with E-state index in [0.29, 0.717) is 17.0 Å². The molecule has 0 unspecified atom stereocenters. The molecule has 2 amide bonds. The summed E-state index contributed by atoms with van der Waals surface area (Å²) in [6.07, 6.45) is 1.63. The highest BCUT2D eigenvalue weighted by Crippen LogP contribution is 2.33. The van der Waals surface area contributed by atoms with E-state index in [-0.39, 0.29) is 5.57 Å². The van der Waals surface area contributed by atoms with Gasteiger partial charge in [-0.2, -0.15) is 0 Å². The van der Waals surface area contributed by atoms with Gasteiger partial charge in [-0.15, -0.1) is 0 Å². The lowest BCUT2D eigenvalue weighted by Crippen LogP contribution is -2.35. The maximum atomic E-state index is 13.0. The molecule has 1 aliphatic heterocycles. The molecule has 0 spiro atoms. The standard InChI is InChI=1S/C24H22N2O3/c1-24(2,3)29-21-14-13-16-9-7-8-12-18(16)19(21)15-20-22(27)25-26(23(20)28)17-10-5-4-6-11-17/h4-15H,1-3H3,(H,25,27)/b20-15-. The van der Waals surface area contributed by atoms with Crippen molar-refractivity contribution in [2.24, 2.45) is 0 Å². The summed E-state index contributed by atoms with van der Waals surface area (Å²) < 4.78 is 6.13. The van der Waals surface area contributed by atoms with Crippen molar-refractivity contribution in [3.05, 3.63) is 77.9 Å². The minimum absolute atomic E-state index is 0.0731. The van der Waals surface area contributed by atoms with Gasteiger partial charge in [0.1, 0.15) is 16.9 Å². The maximum Gasteiger partial charge on any atom is 0.282 e. The molecular weight excluding hydrogens is 364 g/mol. The molecule has 1 N–H and O–H groups in total. The summed E-state index contributed by atoms with van der Waals surface area (Å²) in [4.78, 5) is 25.6. The summed E-state index contributed by atoms with van der Waals surface area (Å²) in [5.74, 6) is -0.202.